The van der Waals surface area contributed by atoms with Gasteiger partial charge in [0, 0.05) is 10.5 Å². The van der Waals surface area contributed by atoms with Gasteiger partial charge in [0.25, 0.3) is 0 Å². The van der Waals surface area contributed by atoms with Crippen LogP contribution in [0, 0.1) is 0 Å². The van der Waals surface area contributed by atoms with E-state index in [2.05, 4.69) is 21.2 Å². The Kier molecular flexibility index (Phi) is 5.81. The van der Waals surface area contributed by atoms with E-state index in [1.54, 1.807) is 5.32 Å². The maximum absolute atomic E-state index is 11.9. The molecule has 0 bridgehead atoms. The van der Waals surface area contributed by atoms with Crippen molar-refractivity contribution >= 4 is 21.8 Å². The van der Waals surface area contributed by atoms with Crippen molar-refractivity contribution in [2.75, 3.05) is 13.1 Å². The number of alkyl halides is 3. The average Bonchev–Trinajstić information content (AvgIpc) is 2.33. The molecule has 106 valence electrons. The summed E-state index contributed by atoms with van der Waals surface area (Å²) in [6.45, 7) is 0.369. The molecule has 0 heterocycles. The first-order valence-corrected chi connectivity index (χ1v) is 6.39. The summed E-state index contributed by atoms with van der Waals surface area (Å²) < 4.78 is 36.6. The van der Waals surface area contributed by atoms with Gasteiger partial charge >= 0.3 is 6.18 Å². The minimum Gasteiger partial charge on any atom is -0.346 e. The van der Waals surface area contributed by atoms with Gasteiger partial charge < -0.3 is 10.6 Å². The van der Waals surface area contributed by atoms with Crippen LogP contribution < -0.4 is 10.6 Å². The first-order chi connectivity index (χ1) is 8.78. The second kappa shape index (κ2) is 6.91. The number of hydrogen-bond acceptors (Lipinski definition) is 2. The zero-order valence-corrected chi connectivity index (χ0v) is 11.8. The van der Waals surface area contributed by atoms with Gasteiger partial charge in [-0.05, 0) is 24.6 Å². The average molecular weight is 339 g/mol. The van der Waals surface area contributed by atoms with Crippen molar-refractivity contribution in [3.05, 3.63) is 34.3 Å². The lowest BCUT2D eigenvalue weighted by molar-refractivity contribution is -0.137. The summed E-state index contributed by atoms with van der Waals surface area (Å²) >= 11 is 3.30. The summed E-state index contributed by atoms with van der Waals surface area (Å²) in [4.78, 5) is 11.2. The van der Waals surface area contributed by atoms with E-state index in [1.165, 1.54) is 0 Å². The van der Waals surface area contributed by atoms with Crippen LogP contribution in [0.15, 0.2) is 28.7 Å². The molecule has 1 amide bonds. The summed E-state index contributed by atoms with van der Waals surface area (Å²) in [5, 5.41) is 4.66. The normalized spacial score (nSPS) is 13.1. The number of benzene rings is 1. The third-order valence-electron chi connectivity index (χ3n) is 2.42. The fourth-order valence-electron chi connectivity index (χ4n) is 1.38. The van der Waals surface area contributed by atoms with Gasteiger partial charge in [-0.3, -0.25) is 4.79 Å². The fraction of sp³-hybridized carbons (Fsp3) is 0.417. The summed E-state index contributed by atoms with van der Waals surface area (Å²) in [6, 6.07) is 7.34. The minimum absolute atomic E-state index is 0.121. The van der Waals surface area contributed by atoms with Crippen LogP contribution in [0.2, 0.25) is 0 Å². The first-order valence-electron chi connectivity index (χ1n) is 5.60. The molecule has 7 heteroatoms. The van der Waals surface area contributed by atoms with Gasteiger partial charge in [0.1, 0.15) is 6.54 Å². The van der Waals surface area contributed by atoms with Crippen molar-refractivity contribution in [1.29, 1.82) is 0 Å². The Morgan fingerprint density at radius 1 is 1.32 bits per heavy atom. The SMILES string of the molecule is C[C@@H](NCC(=O)NCC(F)(F)F)c1ccc(Br)cc1. The van der Waals surface area contributed by atoms with E-state index >= 15 is 0 Å². The Morgan fingerprint density at radius 2 is 1.89 bits per heavy atom. The van der Waals surface area contributed by atoms with E-state index in [1.807, 2.05) is 31.2 Å². The summed E-state index contributed by atoms with van der Waals surface area (Å²) in [7, 11) is 0. The molecule has 0 aliphatic carbocycles. The molecule has 0 radical (unpaired) electrons. The smallest absolute Gasteiger partial charge is 0.346 e. The highest BCUT2D eigenvalue weighted by Crippen LogP contribution is 2.16. The molecular weight excluding hydrogens is 325 g/mol. The predicted octanol–water partition coefficient (Wildman–Crippen LogP) is 2.78. The van der Waals surface area contributed by atoms with Crippen LogP contribution in [0.25, 0.3) is 0 Å². The number of halogens is 4. The maximum Gasteiger partial charge on any atom is 0.405 e. The monoisotopic (exact) mass is 338 g/mol. The number of carbonyl (C=O) groups is 1. The van der Waals surface area contributed by atoms with Crippen molar-refractivity contribution in [3.63, 3.8) is 0 Å². The van der Waals surface area contributed by atoms with Gasteiger partial charge in [0.05, 0.1) is 6.54 Å². The molecule has 0 saturated heterocycles. The molecule has 3 nitrogen and oxygen atoms in total. The second-order valence-electron chi connectivity index (χ2n) is 4.05. The lowest BCUT2D eigenvalue weighted by Gasteiger charge is -2.14. The largest absolute Gasteiger partial charge is 0.405 e. The van der Waals surface area contributed by atoms with Crippen LogP contribution in [0.5, 0.6) is 0 Å². The van der Waals surface area contributed by atoms with Gasteiger partial charge in [-0.2, -0.15) is 13.2 Å². The van der Waals surface area contributed by atoms with Crippen LogP contribution >= 0.6 is 15.9 Å². The van der Waals surface area contributed by atoms with Gasteiger partial charge in [-0.15, -0.1) is 0 Å². The van der Waals surface area contributed by atoms with Crippen LogP contribution in [-0.4, -0.2) is 25.2 Å². The van der Waals surface area contributed by atoms with Crippen molar-refractivity contribution in [2.24, 2.45) is 0 Å². The van der Waals surface area contributed by atoms with E-state index in [-0.39, 0.29) is 12.6 Å². The Balaban J connectivity index is 2.35. The lowest BCUT2D eigenvalue weighted by atomic mass is 10.1. The number of rotatable bonds is 5. The first kappa shape index (κ1) is 16.0. The fourth-order valence-corrected chi connectivity index (χ4v) is 1.64. The van der Waals surface area contributed by atoms with Crippen molar-refractivity contribution in [1.82, 2.24) is 10.6 Å². The molecule has 0 saturated carbocycles. The molecule has 19 heavy (non-hydrogen) atoms. The van der Waals surface area contributed by atoms with Crippen molar-refractivity contribution in [2.45, 2.75) is 19.1 Å². The van der Waals surface area contributed by atoms with Crippen LogP contribution in [0.4, 0.5) is 13.2 Å². The predicted molar refractivity (Wildman–Crippen MR) is 69.6 cm³/mol. The molecule has 0 aliphatic heterocycles. The summed E-state index contributed by atoms with van der Waals surface area (Å²) in [6.07, 6.45) is -4.38. The number of nitrogens with one attached hydrogen (secondary N) is 2. The molecule has 2 N–H and O–H groups in total. The Morgan fingerprint density at radius 3 is 2.42 bits per heavy atom. The van der Waals surface area contributed by atoms with Crippen LogP contribution in [-0.2, 0) is 4.79 Å². The zero-order valence-electron chi connectivity index (χ0n) is 10.2. The van der Waals surface area contributed by atoms with Gasteiger partial charge in [0.2, 0.25) is 5.91 Å². The maximum atomic E-state index is 11.9. The van der Waals surface area contributed by atoms with Crippen LogP contribution in [0.1, 0.15) is 18.5 Å². The van der Waals surface area contributed by atoms with E-state index in [0.29, 0.717) is 0 Å². The molecular formula is C12H14BrF3N2O. The van der Waals surface area contributed by atoms with Crippen molar-refractivity contribution < 1.29 is 18.0 Å². The molecule has 0 aromatic heterocycles. The highest BCUT2D eigenvalue weighted by molar-refractivity contribution is 9.10. The van der Waals surface area contributed by atoms with E-state index in [9.17, 15) is 18.0 Å². The third kappa shape index (κ3) is 6.58. The Labute approximate surface area is 117 Å². The highest BCUT2D eigenvalue weighted by Gasteiger charge is 2.27. The van der Waals surface area contributed by atoms with Gasteiger partial charge in [-0.25, -0.2) is 0 Å². The van der Waals surface area contributed by atoms with E-state index < -0.39 is 18.6 Å². The molecule has 1 aromatic rings. The molecule has 0 unspecified atom stereocenters. The minimum atomic E-state index is -4.38. The lowest BCUT2D eigenvalue weighted by Crippen LogP contribution is -2.39. The molecule has 1 atom stereocenters. The van der Waals surface area contributed by atoms with Gasteiger partial charge in [0.15, 0.2) is 0 Å². The van der Waals surface area contributed by atoms with Crippen molar-refractivity contribution in [3.8, 4) is 0 Å². The van der Waals surface area contributed by atoms with E-state index in [4.69, 9.17) is 0 Å². The number of hydrogen-bond donors (Lipinski definition) is 2. The van der Waals surface area contributed by atoms with Gasteiger partial charge in [-0.1, -0.05) is 28.1 Å². The molecule has 1 aromatic carbocycles. The highest BCUT2D eigenvalue weighted by atomic mass is 79.9. The molecule has 0 spiro atoms. The Hall–Kier alpha value is -1.08. The quantitative estimate of drug-likeness (QED) is 0.866. The summed E-state index contributed by atoms with van der Waals surface area (Å²) in [5.41, 5.74) is 0.951. The Bertz CT molecular complexity index is 420. The topological polar surface area (TPSA) is 41.1 Å². The van der Waals surface area contributed by atoms with Crippen LogP contribution in [0.3, 0.4) is 0 Å². The molecule has 1 rings (SSSR count). The number of amides is 1. The second-order valence-corrected chi connectivity index (χ2v) is 4.96. The number of carbonyl (C=O) groups excluding carboxylic acids is 1. The molecule has 0 fully saturated rings. The van der Waals surface area contributed by atoms with E-state index in [0.717, 1.165) is 10.0 Å². The standard InChI is InChI=1S/C12H14BrF3N2O/c1-8(9-2-4-10(13)5-3-9)17-6-11(19)18-7-12(14,15)16/h2-5,8,17H,6-7H2,1H3,(H,18,19)/t8-/m1/s1. The zero-order chi connectivity index (χ0) is 14.5. The summed E-state index contributed by atoms with van der Waals surface area (Å²) in [5.74, 6) is -0.679. The molecule has 0 aliphatic rings. The third-order valence-corrected chi connectivity index (χ3v) is 2.95.